The first-order chi connectivity index (χ1) is 14.2. The van der Waals surface area contributed by atoms with Crippen molar-refractivity contribution in [1.29, 1.82) is 0 Å². The third-order valence-electron chi connectivity index (χ3n) is 4.64. The lowest BCUT2D eigenvalue weighted by molar-refractivity contribution is 0.256. The molecular formula is C24H20Cl2N2O. The highest BCUT2D eigenvalue weighted by Gasteiger charge is 2.29. The second kappa shape index (κ2) is 9.17. The molecule has 3 aromatic rings. The fraction of sp³-hybridized carbons (Fsp3) is 0.125. The summed E-state index contributed by atoms with van der Waals surface area (Å²) < 4.78 is 6.15. The largest absolute Gasteiger partial charge is 0.474 e. The Morgan fingerprint density at radius 3 is 2.07 bits per heavy atom. The molecule has 0 N–H and O–H groups in total. The molecule has 1 aliphatic heterocycles. The summed E-state index contributed by atoms with van der Waals surface area (Å²) in [6.07, 6.45) is 1.86. The highest BCUT2D eigenvalue weighted by atomic mass is 35.5. The summed E-state index contributed by atoms with van der Waals surface area (Å²) >= 11 is 12.8. The molecule has 29 heavy (non-hydrogen) atoms. The van der Waals surface area contributed by atoms with E-state index in [1.165, 1.54) is 0 Å². The maximum Gasteiger partial charge on any atom is 0.219 e. The van der Waals surface area contributed by atoms with Gasteiger partial charge in [-0.25, -0.2) is 0 Å². The van der Waals surface area contributed by atoms with Crippen LogP contribution in [-0.4, -0.2) is 10.9 Å². The van der Waals surface area contributed by atoms with Crippen LogP contribution in [0, 0.1) is 0 Å². The molecule has 0 fully saturated rings. The predicted molar refractivity (Wildman–Crippen MR) is 119 cm³/mol. The van der Waals surface area contributed by atoms with E-state index in [2.05, 4.69) is 12.1 Å². The van der Waals surface area contributed by atoms with Gasteiger partial charge in [-0.1, -0.05) is 96.0 Å². The minimum absolute atomic E-state index is 0.260. The van der Waals surface area contributed by atoms with E-state index >= 15 is 0 Å². The molecule has 3 aromatic carbocycles. The average Bonchev–Trinajstić information content (AvgIpc) is 2.74. The third-order valence-corrected chi connectivity index (χ3v) is 5.21. The molecule has 3 nitrogen and oxygen atoms in total. The standard InChI is InChI=1S/C24H20Cl2N2O/c25-21-13-11-20(12-14-21)23-22(26)16-28(15-18-7-3-1-4-8-18)27-24(23)29-17-19-9-5-2-6-10-19/h1-14,16,23H,15,17H2. The second-order valence-electron chi connectivity index (χ2n) is 6.79. The fourth-order valence-corrected chi connectivity index (χ4v) is 3.66. The normalized spacial score (nSPS) is 16.2. The summed E-state index contributed by atoms with van der Waals surface area (Å²) in [4.78, 5) is 0. The van der Waals surface area contributed by atoms with E-state index in [1.807, 2.05) is 84.0 Å². The van der Waals surface area contributed by atoms with E-state index in [0.717, 1.165) is 16.7 Å². The zero-order valence-corrected chi connectivity index (χ0v) is 17.2. The minimum atomic E-state index is -0.260. The van der Waals surface area contributed by atoms with Crippen molar-refractivity contribution >= 4 is 29.1 Å². The summed E-state index contributed by atoms with van der Waals surface area (Å²) in [7, 11) is 0. The predicted octanol–water partition coefficient (Wildman–Crippen LogP) is 6.55. The quantitative estimate of drug-likeness (QED) is 0.465. The number of hydrogen-bond acceptors (Lipinski definition) is 3. The molecule has 0 amide bonds. The zero-order valence-electron chi connectivity index (χ0n) is 15.7. The van der Waals surface area contributed by atoms with Crippen molar-refractivity contribution in [3.63, 3.8) is 0 Å². The van der Waals surface area contributed by atoms with E-state index < -0.39 is 0 Å². The lowest BCUT2D eigenvalue weighted by Crippen LogP contribution is -2.26. The first kappa shape index (κ1) is 19.6. The van der Waals surface area contributed by atoms with Crippen LogP contribution in [0.4, 0.5) is 0 Å². The Labute approximate surface area is 180 Å². The van der Waals surface area contributed by atoms with E-state index in [9.17, 15) is 0 Å². The Kier molecular flexibility index (Phi) is 6.18. The van der Waals surface area contributed by atoms with Crippen molar-refractivity contribution in [1.82, 2.24) is 5.01 Å². The first-order valence-electron chi connectivity index (χ1n) is 9.37. The van der Waals surface area contributed by atoms with Gasteiger partial charge in [-0.15, -0.1) is 5.10 Å². The SMILES string of the molecule is ClC1=CN(Cc2ccccc2)N=C(OCc2ccccc2)C1c1ccc(Cl)cc1. The molecule has 1 aliphatic rings. The number of halogens is 2. The Hall–Kier alpha value is -2.75. The van der Waals surface area contributed by atoms with Crippen LogP contribution in [0.15, 0.2) is 101 Å². The van der Waals surface area contributed by atoms with Crippen LogP contribution in [0.3, 0.4) is 0 Å². The molecule has 0 aromatic heterocycles. The molecule has 0 spiro atoms. The van der Waals surface area contributed by atoms with Gasteiger partial charge in [0, 0.05) is 11.2 Å². The van der Waals surface area contributed by atoms with Crippen molar-refractivity contribution in [2.75, 3.05) is 0 Å². The molecule has 4 rings (SSSR count). The minimum Gasteiger partial charge on any atom is -0.474 e. The molecule has 146 valence electrons. The van der Waals surface area contributed by atoms with E-state index in [4.69, 9.17) is 33.0 Å². The molecule has 1 heterocycles. The van der Waals surface area contributed by atoms with Gasteiger partial charge in [0.15, 0.2) is 0 Å². The number of hydrogen-bond donors (Lipinski definition) is 0. The highest BCUT2D eigenvalue weighted by molar-refractivity contribution is 6.32. The molecule has 1 atom stereocenters. The maximum atomic E-state index is 6.72. The Morgan fingerprint density at radius 1 is 0.793 bits per heavy atom. The van der Waals surface area contributed by atoms with E-state index in [1.54, 1.807) is 0 Å². The van der Waals surface area contributed by atoms with Crippen LogP contribution in [0.25, 0.3) is 0 Å². The van der Waals surface area contributed by atoms with Gasteiger partial charge in [0.1, 0.15) is 6.61 Å². The summed E-state index contributed by atoms with van der Waals surface area (Å²) in [5.41, 5.74) is 3.21. The average molecular weight is 423 g/mol. The monoisotopic (exact) mass is 422 g/mol. The van der Waals surface area contributed by atoms with Crippen LogP contribution in [0.1, 0.15) is 22.6 Å². The van der Waals surface area contributed by atoms with Crippen LogP contribution >= 0.6 is 23.2 Å². The molecule has 0 aliphatic carbocycles. The van der Waals surface area contributed by atoms with Crippen molar-refractivity contribution in [3.8, 4) is 0 Å². The van der Waals surface area contributed by atoms with Crippen molar-refractivity contribution < 1.29 is 4.74 Å². The molecule has 0 bridgehead atoms. The topological polar surface area (TPSA) is 24.8 Å². The number of nitrogens with zero attached hydrogens (tertiary/aromatic N) is 2. The van der Waals surface area contributed by atoms with Gasteiger partial charge >= 0.3 is 0 Å². The van der Waals surface area contributed by atoms with E-state index in [-0.39, 0.29) is 5.92 Å². The van der Waals surface area contributed by atoms with Gasteiger partial charge < -0.3 is 4.74 Å². The van der Waals surface area contributed by atoms with Gasteiger partial charge in [0.2, 0.25) is 5.90 Å². The Balaban J connectivity index is 1.61. The van der Waals surface area contributed by atoms with Crippen LogP contribution in [-0.2, 0) is 17.9 Å². The third kappa shape index (κ3) is 5.00. The van der Waals surface area contributed by atoms with Crippen molar-refractivity contribution in [2.45, 2.75) is 19.1 Å². The number of hydrazone groups is 1. The molecular weight excluding hydrogens is 403 g/mol. The van der Waals surface area contributed by atoms with Gasteiger partial charge in [-0.05, 0) is 28.8 Å². The van der Waals surface area contributed by atoms with Gasteiger partial charge in [-0.3, -0.25) is 5.01 Å². The first-order valence-corrected chi connectivity index (χ1v) is 10.1. The molecule has 0 saturated carbocycles. The molecule has 0 saturated heterocycles. The lowest BCUT2D eigenvalue weighted by atomic mass is 9.97. The molecule has 0 radical (unpaired) electrons. The zero-order chi connectivity index (χ0) is 20.1. The van der Waals surface area contributed by atoms with Crippen LogP contribution in [0.2, 0.25) is 5.02 Å². The van der Waals surface area contributed by atoms with Crippen molar-refractivity contribution in [3.05, 3.63) is 118 Å². The summed E-state index contributed by atoms with van der Waals surface area (Å²) in [5.74, 6) is 0.310. The van der Waals surface area contributed by atoms with Crippen LogP contribution in [0.5, 0.6) is 0 Å². The lowest BCUT2D eigenvalue weighted by Gasteiger charge is -2.28. The van der Waals surface area contributed by atoms with E-state index in [0.29, 0.717) is 29.1 Å². The highest BCUT2D eigenvalue weighted by Crippen LogP contribution is 2.34. The Bertz CT molecular complexity index is 1000. The van der Waals surface area contributed by atoms with Crippen molar-refractivity contribution in [2.24, 2.45) is 5.10 Å². The second-order valence-corrected chi connectivity index (χ2v) is 7.67. The summed E-state index contributed by atoms with van der Waals surface area (Å²) in [6.45, 7) is 1.04. The van der Waals surface area contributed by atoms with Gasteiger partial charge in [-0.2, -0.15) is 0 Å². The molecule has 5 heteroatoms. The number of rotatable bonds is 5. The Morgan fingerprint density at radius 2 is 1.41 bits per heavy atom. The summed E-state index contributed by atoms with van der Waals surface area (Å²) in [6, 6.07) is 27.8. The van der Waals surface area contributed by atoms with Gasteiger partial charge in [0.05, 0.1) is 17.5 Å². The molecule has 1 unspecified atom stereocenters. The van der Waals surface area contributed by atoms with Gasteiger partial charge in [0.25, 0.3) is 0 Å². The van der Waals surface area contributed by atoms with Crippen LogP contribution < -0.4 is 0 Å². The fourth-order valence-electron chi connectivity index (χ4n) is 3.20. The number of ether oxygens (including phenoxy) is 1. The summed E-state index contributed by atoms with van der Waals surface area (Å²) in [5, 5.41) is 7.91. The smallest absolute Gasteiger partial charge is 0.219 e. The maximum absolute atomic E-state index is 6.72. The number of benzene rings is 3.